The van der Waals surface area contributed by atoms with Crippen LogP contribution < -0.4 is 0 Å². The van der Waals surface area contributed by atoms with E-state index in [0.717, 1.165) is 33.9 Å². The number of carbonyl (C=O) groups is 4. The molecule has 2 aliphatic heterocycles. The van der Waals surface area contributed by atoms with Crippen molar-refractivity contribution in [2.75, 3.05) is 28.4 Å². The Bertz CT molecular complexity index is 2170. The quantitative estimate of drug-likeness (QED) is 0.119. The molecule has 1 unspecified atom stereocenters. The molecule has 0 saturated carbocycles. The molecule has 0 fully saturated rings. The lowest BCUT2D eigenvalue weighted by molar-refractivity contribution is -0.141. The molecule has 0 aliphatic carbocycles. The van der Waals surface area contributed by atoms with Crippen molar-refractivity contribution in [1.82, 2.24) is 19.9 Å². The summed E-state index contributed by atoms with van der Waals surface area (Å²) in [6.45, 7) is 12.4. The van der Waals surface area contributed by atoms with E-state index in [2.05, 4.69) is 30.4 Å². The van der Waals surface area contributed by atoms with Crippen molar-refractivity contribution in [3.05, 3.63) is 81.9 Å². The molecule has 280 valence electrons. The van der Waals surface area contributed by atoms with Crippen LogP contribution in [0.3, 0.4) is 0 Å². The van der Waals surface area contributed by atoms with Crippen molar-refractivity contribution in [2.45, 2.75) is 84.0 Å². The predicted molar refractivity (Wildman–Crippen MR) is 202 cm³/mol. The Balaban J connectivity index is 2.01. The Morgan fingerprint density at radius 3 is 1.60 bits per heavy atom. The molecule has 2 aliphatic rings. The fourth-order valence-corrected chi connectivity index (χ4v) is 7.16. The van der Waals surface area contributed by atoms with E-state index in [4.69, 9.17) is 28.9 Å². The first-order valence-electron chi connectivity index (χ1n) is 17.6. The van der Waals surface area contributed by atoms with Gasteiger partial charge in [-0.25, -0.2) is 4.98 Å². The molecule has 53 heavy (non-hydrogen) atoms. The summed E-state index contributed by atoms with van der Waals surface area (Å²) in [5, 5.41) is 0. The molecular formula is C41H48N4O8. The van der Waals surface area contributed by atoms with E-state index < -0.39 is 29.3 Å². The number of allylic oxidation sites excluding steroid dienone is 3. The van der Waals surface area contributed by atoms with Gasteiger partial charge in [0.25, 0.3) is 0 Å². The number of ether oxygens (including phenoxy) is 4. The van der Waals surface area contributed by atoms with E-state index in [1.165, 1.54) is 28.4 Å². The number of aromatic amines is 2. The van der Waals surface area contributed by atoms with Crippen LogP contribution in [0.1, 0.15) is 97.9 Å². The predicted octanol–water partition coefficient (Wildman–Crippen LogP) is 6.55. The Kier molecular flexibility index (Phi) is 11.7. The lowest BCUT2D eigenvalue weighted by Crippen LogP contribution is -2.21. The second kappa shape index (κ2) is 16.0. The van der Waals surface area contributed by atoms with Crippen LogP contribution in [0.25, 0.3) is 33.2 Å². The van der Waals surface area contributed by atoms with Gasteiger partial charge in [-0.2, -0.15) is 0 Å². The molecule has 3 aromatic rings. The summed E-state index contributed by atoms with van der Waals surface area (Å²) in [6.07, 6.45) is 3.02. The zero-order chi connectivity index (χ0) is 38.6. The highest BCUT2D eigenvalue weighted by molar-refractivity contribution is 5.92. The summed E-state index contributed by atoms with van der Waals surface area (Å²) in [5.41, 5.74) is 9.99. The molecule has 0 amide bonds. The first-order valence-corrected chi connectivity index (χ1v) is 17.6. The summed E-state index contributed by atoms with van der Waals surface area (Å²) in [5.74, 6) is -1.76. The maximum absolute atomic E-state index is 13.0. The second-order valence-electron chi connectivity index (χ2n) is 13.9. The number of nitrogens with zero attached hydrogens (tertiary/aromatic N) is 2. The molecule has 0 aromatic carbocycles. The van der Waals surface area contributed by atoms with Gasteiger partial charge in [0.05, 0.1) is 52.7 Å². The highest BCUT2D eigenvalue weighted by Crippen LogP contribution is 2.45. The van der Waals surface area contributed by atoms with E-state index in [0.29, 0.717) is 50.7 Å². The monoisotopic (exact) mass is 724 g/mol. The minimum absolute atomic E-state index is 0.0408. The van der Waals surface area contributed by atoms with E-state index in [-0.39, 0.29) is 44.4 Å². The van der Waals surface area contributed by atoms with Crippen molar-refractivity contribution in [2.24, 2.45) is 0 Å². The zero-order valence-corrected chi connectivity index (χ0v) is 31.8. The van der Waals surface area contributed by atoms with E-state index in [9.17, 15) is 19.2 Å². The number of hydrogen-bond donors (Lipinski definition) is 2. The van der Waals surface area contributed by atoms with Gasteiger partial charge in [-0.3, -0.25) is 24.2 Å². The molecule has 12 heteroatoms. The summed E-state index contributed by atoms with van der Waals surface area (Å²) in [6, 6.07) is 7.80. The van der Waals surface area contributed by atoms with Crippen molar-refractivity contribution < 1.29 is 38.1 Å². The Morgan fingerprint density at radius 1 is 0.679 bits per heavy atom. The number of nitrogens with one attached hydrogen (secondary N) is 2. The van der Waals surface area contributed by atoms with Gasteiger partial charge in [0.2, 0.25) is 0 Å². The van der Waals surface area contributed by atoms with Gasteiger partial charge < -0.3 is 28.9 Å². The lowest BCUT2D eigenvalue weighted by atomic mass is 9.75. The third-order valence-electron chi connectivity index (χ3n) is 10.5. The minimum Gasteiger partial charge on any atom is -0.469 e. The molecule has 0 saturated heterocycles. The maximum atomic E-state index is 13.0. The highest BCUT2D eigenvalue weighted by Gasteiger charge is 2.39. The van der Waals surface area contributed by atoms with Crippen LogP contribution in [-0.2, 0) is 69.2 Å². The van der Waals surface area contributed by atoms with Gasteiger partial charge in [0.1, 0.15) is 0 Å². The molecule has 0 spiro atoms. The van der Waals surface area contributed by atoms with Crippen LogP contribution in [0.4, 0.5) is 0 Å². The normalized spacial score (nSPS) is 14.8. The molecule has 2 N–H and O–H groups in total. The van der Waals surface area contributed by atoms with Crippen molar-refractivity contribution in [3.63, 3.8) is 0 Å². The number of aryl methyl sites for hydroxylation is 2. The molecule has 5 rings (SSSR count). The molecular weight excluding hydrogens is 676 g/mol. The highest BCUT2D eigenvalue weighted by atomic mass is 16.5. The summed E-state index contributed by atoms with van der Waals surface area (Å²) < 4.78 is 20.2. The SMILES string of the molecule is C=CCC1c2cc3[nH]c(cc4[nH]c(cc5nc(cc(n2)C1(C)C)C(C)=C5C)c(CC(=O)OC)c4CCC(=O)OC)c(CCC(=O)OC)c3CC(=O)OC. The molecule has 5 heterocycles. The molecule has 0 radical (unpaired) electrons. The number of carbonyl (C=O) groups excluding carboxylic acids is 4. The number of H-pyrrole nitrogens is 2. The van der Waals surface area contributed by atoms with Gasteiger partial charge in [0.15, 0.2) is 0 Å². The number of hydrogen-bond acceptors (Lipinski definition) is 10. The molecule has 12 nitrogen and oxygen atoms in total. The van der Waals surface area contributed by atoms with Crippen LogP contribution in [-0.4, -0.2) is 72.3 Å². The van der Waals surface area contributed by atoms with Crippen LogP contribution in [0.2, 0.25) is 0 Å². The lowest BCUT2D eigenvalue weighted by Gasteiger charge is -2.26. The Hall–Kier alpha value is -5.52. The van der Waals surface area contributed by atoms with Crippen molar-refractivity contribution >= 4 is 57.1 Å². The van der Waals surface area contributed by atoms with Crippen molar-refractivity contribution in [1.29, 1.82) is 0 Å². The topological polar surface area (TPSA) is 163 Å². The van der Waals surface area contributed by atoms with Gasteiger partial charge in [-0.15, -0.1) is 6.58 Å². The standard InChI is InChI=1S/C41H48N4O8/c1-10-11-28-35-20-34-27(17-40(49)53-9)25(13-15-38(47)51-7)32(44-34)19-31-24(12-14-37(46)50-6)26(16-39(48)52-8)33(43-31)18-29-22(2)23(3)30(42-29)21-36(45-35)41(28,4)5/h10,18-21,28,43-44H,1,11-17H2,2-9H3. The number of methoxy groups -OCH3 is 4. The van der Waals surface area contributed by atoms with Gasteiger partial charge in [-0.1, -0.05) is 19.9 Å². The molecule has 8 bridgehead atoms. The number of fused-ring (bicyclic) bond motifs is 8. The fraction of sp³-hybridized carbons (Fsp3) is 0.415. The summed E-state index contributed by atoms with van der Waals surface area (Å²) in [7, 11) is 5.33. The summed E-state index contributed by atoms with van der Waals surface area (Å²) >= 11 is 0. The van der Waals surface area contributed by atoms with Crippen molar-refractivity contribution in [3.8, 4) is 0 Å². The Morgan fingerprint density at radius 2 is 1.13 bits per heavy atom. The van der Waals surface area contributed by atoms with E-state index >= 15 is 0 Å². The van der Waals surface area contributed by atoms with E-state index in [1.54, 1.807) is 0 Å². The third-order valence-corrected chi connectivity index (χ3v) is 10.5. The number of esters is 4. The van der Waals surface area contributed by atoms with Gasteiger partial charge in [-0.05, 0) is 90.8 Å². The zero-order valence-electron chi connectivity index (χ0n) is 31.8. The van der Waals surface area contributed by atoms with Crippen LogP contribution >= 0.6 is 0 Å². The fourth-order valence-electron chi connectivity index (χ4n) is 7.16. The average molecular weight is 725 g/mol. The molecule has 3 aromatic heterocycles. The van der Waals surface area contributed by atoms with Crippen LogP contribution in [0.5, 0.6) is 0 Å². The summed E-state index contributed by atoms with van der Waals surface area (Å²) in [4.78, 5) is 68.1. The third kappa shape index (κ3) is 7.96. The number of aromatic nitrogens is 4. The smallest absolute Gasteiger partial charge is 0.310 e. The van der Waals surface area contributed by atoms with E-state index in [1.807, 2.05) is 44.2 Å². The maximum Gasteiger partial charge on any atom is 0.310 e. The van der Waals surface area contributed by atoms with Crippen LogP contribution in [0, 0.1) is 0 Å². The minimum atomic E-state index is -0.453. The van der Waals surface area contributed by atoms with Gasteiger partial charge >= 0.3 is 23.9 Å². The first-order chi connectivity index (χ1) is 25.2. The average Bonchev–Trinajstić information content (AvgIpc) is 3.78. The number of rotatable bonds is 12. The Labute approximate surface area is 309 Å². The first kappa shape index (κ1) is 38.7. The van der Waals surface area contributed by atoms with Crippen LogP contribution in [0.15, 0.2) is 36.9 Å². The second-order valence-corrected chi connectivity index (χ2v) is 13.9. The largest absolute Gasteiger partial charge is 0.469 e. The van der Waals surface area contributed by atoms with Gasteiger partial charge in [0, 0.05) is 57.6 Å². The molecule has 1 atom stereocenters.